The van der Waals surface area contributed by atoms with Gasteiger partial charge in [0.05, 0.1) is 19.8 Å². The van der Waals surface area contributed by atoms with Crippen molar-refractivity contribution >= 4 is 5.97 Å². The van der Waals surface area contributed by atoms with Crippen molar-refractivity contribution in [2.24, 2.45) is 0 Å². The van der Waals surface area contributed by atoms with E-state index in [1.807, 2.05) is 12.1 Å². The van der Waals surface area contributed by atoms with Gasteiger partial charge in [0.1, 0.15) is 12.4 Å². The molecule has 0 fully saturated rings. The lowest BCUT2D eigenvalue weighted by Crippen LogP contribution is -2.00. The Balaban J connectivity index is 2.09. The molecular formula is C16H16O5. The molecule has 0 aliphatic heterocycles. The van der Waals surface area contributed by atoms with E-state index in [1.165, 1.54) is 12.1 Å². The highest BCUT2D eigenvalue weighted by Crippen LogP contribution is 2.28. The first-order chi connectivity index (χ1) is 10.1. The molecular weight excluding hydrogens is 272 g/mol. The molecule has 0 radical (unpaired) electrons. The Hall–Kier alpha value is -2.69. The zero-order valence-electron chi connectivity index (χ0n) is 11.8. The number of rotatable bonds is 6. The fourth-order valence-electron chi connectivity index (χ4n) is 1.86. The predicted molar refractivity (Wildman–Crippen MR) is 77.3 cm³/mol. The first kappa shape index (κ1) is 14.7. The van der Waals surface area contributed by atoms with Gasteiger partial charge in [-0.1, -0.05) is 12.1 Å². The Kier molecular flexibility index (Phi) is 4.66. The first-order valence-electron chi connectivity index (χ1n) is 6.31. The minimum atomic E-state index is -0.980. The van der Waals surface area contributed by atoms with E-state index in [2.05, 4.69) is 0 Å². The second-order valence-corrected chi connectivity index (χ2v) is 4.31. The molecule has 2 rings (SSSR count). The summed E-state index contributed by atoms with van der Waals surface area (Å²) in [6.45, 7) is 0.309. The molecule has 0 spiro atoms. The highest BCUT2D eigenvalue weighted by atomic mass is 16.5. The smallest absolute Gasteiger partial charge is 0.335 e. The molecule has 0 aliphatic carbocycles. The standard InChI is InChI=1S/C16H16O5/c1-19-14-7-6-11(8-15(14)20-2)10-21-13-5-3-4-12(9-13)16(17)18/h3-9H,10H2,1-2H3,(H,17,18). The van der Waals surface area contributed by atoms with Crippen molar-refractivity contribution in [2.75, 3.05) is 14.2 Å². The third-order valence-corrected chi connectivity index (χ3v) is 2.93. The van der Waals surface area contributed by atoms with E-state index in [4.69, 9.17) is 19.3 Å². The first-order valence-corrected chi connectivity index (χ1v) is 6.31. The number of carbonyl (C=O) groups is 1. The maximum atomic E-state index is 10.9. The average Bonchev–Trinajstić information content (AvgIpc) is 2.52. The van der Waals surface area contributed by atoms with Gasteiger partial charge >= 0.3 is 5.97 Å². The van der Waals surface area contributed by atoms with Gasteiger partial charge in [-0.3, -0.25) is 0 Å². The van der Waals surface area contributed by atoms with Gasteiger partial charge in [-0.2, -0.15) is 0 Å². The van der Waals surface area contributed by atoms with Gasteiger partial charge in [0.2, 0.25) is 0 Å². The van der Waals surface area contributed by atoms with E-state index in [1.54, 1.807) is 32.4 Å². The largest absolute Gasteiger partial charge is 0.493 e. The van der Waals surface area contributed by atoms with E-state index in [9.17, 15) is 4.79 Å². The van der Waals surface area contributed by atoms with Crippen LogP contribution in [0.2, 0.25) is 0 Å². The number of carboxylic acids is 1. The molecule has 0 heterocycles. The van der Waals surface area contributed by atoms with Crippen molar-refractivity contribution in [3.63, 3.8) is 0 Å². The highest BCUT2D eigenvalue weighted by Gasteiger charge is 2.06. The van der Waals surface area contributed by atoms with Crippen LogP contribution in [0.25, 0.3) is 0 Å². The Morgan fingerprint density at radius 2 is 1.81 bits per heavy atom. The zero-order chi connectivity index (χ0) is 15.2. The highest BCUT2D eigenvalue weighted by molar-refractivity contribution is 5.87. The molecule has 0 bridgehead atoms. The summed E-state index contributed by atoms with van der Waals surface area (Å²) in [5.74, 6) is 0.795. The van der Waals surface area contributed by atoms with Crippen LogP contribution in [-0.4, -0.2) is 25.3 Å². The van der Waals surface area contributed by atoms with Crippen molar-refractivity contribution in [3.8, 4) is 17.2 Å². The van der Waals surface area contributed by atoms with Crippen molar-refractivity contribution < 1.29 is 24.1 Å². The molecule has 0 aliphatic rings. The fraction of sp³-hybridized carbons (Fsp3) is 0.188. The van der Waals surface area contributed by atoms with Crippen LogP contribution in [0.15, 0.2) is 42.5 Å². The van der Waals surface area contributed by atoms with Gasteiger partial charge in [0.25, 0.3) is 0 Å². The lowest BCUT2D eigenvalue weighted by Gasteiger charge is -2.11. The van der Waals surface area contributed by atoms with Crippen LogP contribution in [0.3, 0.4) is 0 Å². The molecule has 0 atom stereocenters. The second kappa shape index (κ2) is 6.65. The average molecular weight is 288 g/mol. The minimum absolute atomic E-state index is 0.194. The molecule has 0 unspecified atom stereocenters. The van der Waals surface area contributed by atoms with Crippen LogP contribution >= 0.6 is 0 Å². The molecule has 2 aromatic carbocycles. The second-order valence-electron chi connectivity index (χ2n) is 4.31. The number of aromatic carboxylic acids is 1. The quantitative estimate of drug-likeness (QED) is 0.885. The van der Waals surface area contributed by atoms with E-state index in [0.29, 0.717) is 23.9 Å². The predicted octanol–water partition coefficient (Wildman–Crippen LogP) is 2.98. The number of ether oxygens (including phenoxy) is 3. The fourth-order valence-corrected chi connectivity index (χ4v) is 1.86. The maximum absolute atomic E-state index is 10.9. The van der Waals surface area contributed by atoms with Crippen LogP contribution < -0.4 is 14.2 Å². The van der Waals surface area contributed by atoms with E-state index >= 15 is 0 Å². The van der Waals surface area contributed by atoms with Gasteiger partial charge in [-0.05, 0) is 35.9 Å². The van der Waals surface area contributed by atoms with Gasteiger partial charge in [0, 0.05) is 0 Å². The Labute approximate surface area is 122 Å². The normalized spacial score (nSPS) is 10.0. The van der Waals surface area contributed by atoms with Gasteiger partial charge < -0.3 is 19.3 Å². The molecule has 1 N–H and O–H groups in total. The third-order valence-electron chi connectivity index (χ3n) is 2.93. The summed E-state index contributed by atoms with van der Waals surface area (Å²) in [7, 11) is 3.14. The molecule has 0 amide bonds. The Morgan fingerprint density at radius 1 is 1.05 bits per heavy atom. The van der Waals surface area contributed by atoms with Crippen LogP contribution in [0, 0.1) is 0 Å². The lowest BCUT2D eigenvalue weighted by atomic mass is 10.2. The van der Waals surface area contributed by atoms with Gasteiger partial charge in [0.15, 0.2) is 11.5 Å². The molecule has 21 heavy (non-hydrogen) atoms. The maximum Gasteiger partial charge on any atom is 0.335 e. The van der Waals surface area contributed by atoms with Crippen molar-refractivity contribution in [1.29, 1.82) is 0 Å². The monoisotopic (exact) mass is 288 g/mol. The summed E-state index contributed by atoms with van der Waals surface area (Å²) in [4.78, 5) is 10.9. The summed E-state index contributed by atoms with van der Waals surface area (Å²) in [6, 6.07) is 11.8. The summed E-state index contributed by atoms with van der Waals surface area (Å²) in [5, 5.41) is 8.93. The van der Waals surface area contributed by atoms with E-state index in [-0.39, 0.29) is 5.56 Å². The number of hydrogen-bond donors (Lipinski definition) is 1. The van der Waals surface area contributed by atoms with Crippen molar-refractivity contribution in [2.45, 2.75) is 6.61 Å². The summed E-state index contributed by atoms with van der Waals surface area (Å²) in [6.07, 6.45) is 0. The van der Waals surface area contributed by atoms with Gasteiger partial charge in [-0.15, -0.1) is 0 Å². The SMILES string of the molecule is COc1ccc(COc2cccc(C(=O)O)c2)cc1OC. The molecule has 0 saturated heterocycles. The Morgan fingerprint density at radius 3 is 2.48 bits per heavy atom. The topological polar surface area (TPSA) is 65.0 Å². The van der Waals surface area contributed by atoms with Crippen molar-refractivity contribution in [1.82, 2.24) is 0 Å². The third kappa shape index (κ3) is 3.66. The molecule has 0 aromatic heterocycles. The Bertz CT molecular complexity index is 636. The van der Waals surface area contributed by atoms with Crippen molar-refractivity contribution in [3.05, 3.63) is 53.6 Å². The molecule has 110 valence electrons. The minimum Gasteiger partial charge on any atom is -0.493 e. The number of benzene rings is 2. The van der Waals surface area contributed by atoms with E-state index < -0.39 is 5.97 Å². The molecule has 5 heteroatoms. The van der Waals surface area contributed by atoms with Crippen LogP contribution in [0.1, 0.15) is 15.9 Å². The molecule has 2 aromatic rings. The molecule has 5 nitrogen and oxygen atoms in total. The van der Waals surface area contributed by atoms with E-state index in [0.717, 1.165) is 5.56 Å². The summed E-state index contributed by atoms with van der Waals surface area (Å²) < 4.78 is 16.0. The van der Waals surface area contributed by atoms with Crippen LogP contribution in [-0.2, 0) is 6.61 Å². The lowest BCUT2D eigenvalue weighted by molar-refractivity contribution is 0.0696. The van der Waals surface area contributed by atoms with Gasteiger partial charge in [-0.25, -0.2) is 4.79 Å². The summed E-state index contributed by atoms with van der Waals surface area (Å²) >= 11 is 0. The zero-order valence-corrected chi connectivity index (χ0v) is 11.8. The number of hydrogen-bond acceptors (Lipinski definition) is 4. The van der Waals surface area contributed by atoms with Crippen LogP contribution in [0.4, 0.5) is 0 Å². The van der Waals surface area contributed by atoms with Crippen LogP contribution in [0.5, 0.6) is 17.2 Å². The number of carboxylic acid groups (broad SMARTS) is 1. The molecule has 0 saturated carbocycles. The summed E-state index contributed by atoms with van der Waals surface area (Å²) in [5.41, 5.74) is 1.09. The number of methoxy groups -OCH3 is 2.